The van der Waals surface area contributed by atoms with Gasteiger partial charge >= 0.3 is 0 Å². The van der Waals surface area contributed by atoms with Crippen LogP contribution in [0.1, 0.15) is 35.7 Å². The van der Waals surface area contributed by atoms with E-state index in [1.165, 1.54) is 0 Å². The van der Waals surface area contributed by atoms with Crippen molar-refractivity contribution in [3.63, 3.8) is 0 Å². The smallest absolute Gasteiger partial charge is 0.257 e. The molecule has 1 unspecified atom stereocenters. The van der Waals surface area contributed by atoms with Crippen LogP contribution in [0.4, 0.5) is 5.82 Å². The van der Waals surface area contributed by atoms with Gasteiger partial charge in [-0.25, -0.2) is 4.98 Å². The molecule has 2 N–H and O–H groups in total. The summed E-state index contributed by atoms with van der Waals surface area (Å²) in [6, 6.07) is 9.17. The third-order valence-electron chi connectivity index (χ3n) is 6.52. The number of rotatable bonds is 6. The Hall–Kier alpha value is -3.81. The van der Waals surface area contributed by atoms with Crippen LogP contribution >= 0.6 is 0 Å². The molecule has 5 rings (SSSR count). The summed E-state index contributed by atoms with van der Waals surface area (Å²) in [6.45, 7) is 3.15. The van der Waals surface area contributed by atoms with Crippen molar-refractivity contribution in [1.82, 2.24) is 14.9 Å². The van der Waals surface area contributed by atoms with Gasteiger partial charge in [0, 0.05) is 36.7 Å². The van der Waals surface area contributed by atoms with Crippen molar-refractivity contribution in [2.75, 3.05) is 32.6 Å². The number of aromatic nitrogens is 2. The van der Waals surface area contributed by atoms with Crippen molar-refractivity contribution < 1.29 is 19.1 Å². The van der Waals surface area contributed by atoms with E-state index in [0.29, 0.717) is 36.0 Å². The number of methoxy groups -OCH3 is 2. The highest BCUT2D eigenvalue weighted by atomic mass is 16.5. The summed E-state index contributed by atoms with van der Waals surface area (Å²) in [4.78, 5) is 35.2. The summed E-state index contributed by atoms with van der Waals surface area (Å²) in [5.74, 6) is 1.82. The molecule has 34 heavy (non-hydrogen) atoms. The fraction of sp³-hybridized carbons (Fsp3) is 0.346. The van der Waals surface area contributed by atoms with Gasteiger partial charge in [-0.3, -0.25) is 9.59 Å². The van der Waals surface area contributed by atoms with E-state index in [9.17, 15) is 9.59 Å². The van der Waals surface area contributed by atoms with Crippen LogP contribution in [0, 0.1) is 11.8 Å². The topological polar surface area (TPSA) is 96.5 Å². The predicted molar refractivity (Wildman–Crippen MR) is 130 cm³/mol. The number of carbonyl (C=O) groups excluding carboxylic acids is 2. The average molecular weight is 461 g/mol. The largest absolute Gasteiger partial charge is 0.497 e. The van der Waals surface area contributed by atoms with Gasteiger partial charge in [-0.05, 0) is 54.2 Å². The zero-order valence-electron chi connectivity index (χ0n) is 19.6. The molecule has 2 amide bonds. The van der Waals surface area contributed by atoms with E-state index in [0.717, 1.165) is 35.0 Å². The zero-order chi connectivity index (χ0) is 23.8. The first-order chi connectivity index (χ1) is 16.5. The van der Waals surface area contributed by atoms with E-state index in [2.05, 4.69) is 28.3 Å². The SMILES string of the molecule is COc1ccc(C(=O)N2CC=C(c3cc(NC(=O)C4CC4)nc4[nH]ccc34)C(C)C2)c(OC)c1. The Morgan fingerprint density at radius 2 is 1.97 bits per heavy atom. The second kappa shape index (κ2) is 8.85. The molecule has 0 spiro atoms. The maximum atomic E-state index is 13.3. The van der Waals surface area contributed by atoms with Crippen molar-refractivity contribution in [3.05, 3.63) is 53.7 Å². The molecular weight excluding hydrogens is 432 g/mol. The molecule has 0 saturated heterocycles. The van der Waals surface area contributed by atoms with Gasteiger partial charge in [0.05, 0.1) is 19.8 Å². The number of nitrogens with zero attached hydrogens (tertiary/aromatic N) is 2. The first-order valence-corrected chi connectivity index (χ1v) is 11.5. The molecule has 1 fully saturated rings. The Balaban J connectivity index is 1.42. The molecule has 1 saturated carbocycles. The van der Waals surface area contributed by atoms with Crippen molar-refractivity contribution in [3.8, 4) is 11.5 Å². The number of amides is 2. The molecule has 2 aromatic heterocycles. The molecule has 8 heteroatoms. The van der Waals surface area contributed by atoms with E-state index < -0.39 is 0 Å². The molecule has 1 aromatic carbocycles. The summed E-state index contributed by atoms with van der Waals surface area (Å²) >= 11 is 0. The van der Waals surface area contributed by atoms with E-state index in [-0.39, 0.29) is 23.7 Å². The van der Waals surface area contributed by atoms with Gasteiger partial charge in [-0.2, -0.15) is 0 Å². The van der Waals surface area contributed by atoms with Crippen LogP contribution in [0.3, 0.4) is 0 Å². The lowest BCUT2D eigenvalue weighted by Crippen LogP contribution is -2.38. The second-order valence-corrected chi connectivity index (χ2v) is 8.90. The highest BCUT2D eigenvalue weighted by molar-refractivity contribution is 5.99. The summed E-state index contributed by atoms with van der Waals surface area (Å²) in [7, 11) is 3.13. The normalized spacial score (nSPS) is 17.9. The minimum absolute atomic E-state index is 0.0280. The van der Waals surface area contributed by atoms with E-state index in [1.807, 2.05) is 23.2 Å². The van der Waals surface area contributed by atoms with Gasteiger partial charge in [0.15, 0.2) is 0 Å². The predicted octanol–water partition coefficient (Wildman–Crippen LogP) is 4.10. The summed E-state index contributed by atoms with van der Waals surface area (Å²) in [5.41, 5.74) is 3.41. The molecule has 1 aliphatic carbocycles. The highest BCUT2D eigenvalue weighted by Gasteiger charge is 2.31. The van der Waals surface area contributed by atoms with Gasteiger partial charge in [-0.15, -0.1) is 0 Å². The number of aromatic amines is 1. The number of anilines is 1. The van der Waals surface area contributed by atoms with E-state index in [4.69, 9.17) is 9.47 Å². The minimum atomic E-state index is -0.0828. The Morgan fingerprint density at radius 1 is 1.15 bits per heavy atom. The Labute approximate surface area is 198 Å². The molecule has 0 radical (unpaired) electrons. The number of nitrogens with one attached hydrogen (secondary N) is 2. The van der Waals surface area contributed by atoms with Gasteiger partial charge < -0.3 is 24.7 Å². The summed E-state index contributed by atoms with van der Waals surface area (Å²) < 4.78 is 10.7. The second-order valence-electron chi connectivity index (χ2n) is 8.90. The standard InChI is InChI=1S/C26H28N4O4/c1-15-14-30(26(32)20-7-6-17(33-2)12-22(20)34-3)11-9-18(15)21-13-23(29-25(31)16-4-5-16)28-24-19(21)8-10-27-24/h6-10,12-13,15-16H,4-5,11,14H2,1-3H3,(H2,27,28,29,31). The van der Waals surface area contributed by atoms with Crippen molar-refractivity contribution in [1.29, 1.82) is 0 Å². The Kier molecular flexibility index (Phi) is 5.73. The van der Waals surface area contributed by atoms with Gasteiger partial charge in [0.25, 0.3) is 5.91 Å². The lowest BCUT2D eigenvalue weighted by molar-refractivity contribution is -0.117. The maximum absolute atomic E-state index is 13.3. The lowest BCUT2D eigenvalue weighted by atomic mass is 9.89. The Morgan fingerprint density at radius 3 is 2.68 bits per heavy atom. The van der Waals surface area contributed by atoms with Crippen LogP contribution in [-0.2, 0) is 4.79 Å². The molecule has 2 aliphatic rings. The fourth-order valence-corrected chi connectivity index (χ4v) is 4.51. The number of benzene rings is 1. The molecule has 3 heterocycles. The third kappa shape index (κ3) is 4.11. The lowest BCUT2D eigenvalue weighted by Gasteiger charge is -2.32. The molecule has 1 atom stereocenters. The van der Waals surface area contributed by atoms with E-state index >= 15 is 0 Å². The molecule has 0 bridgehead atoms. The number of hydrogen-bond donors (Lipinski definition) is 2. The van der Waals surface area contributed by atoms with Crippen LogP contribution in [0.25, 0.3) is 16.6 Å². The molecule has 3 aromatic rings. The average Bonchev–Trinajstić information content (AvgIpc) is 3.60. The number of fused-ring (bicyclic) bond motifs is 1. The van der Waals surface area contributed by atoms with Gasteiger partial charge in [0.2, 0.25) is 5.91 Å². The monoisotopic (exact) mass is 460 g/mol. The van der Waals surface area contributed by atoms with Crippen LogP contribution in [0.2, 0.25) is 0 Å². The third-order valence-corrected chi connectivity index (χ3v) is 6.52. The van der Waals surface area contributed by atoms with Gasteiger partial charge in [0.1, 0.15) is 23.0 Å². The van der Waals surface area contributed by atoms with E-state index in [1.54, 1.807) is 32.4 Å². The number of hydrogen-bond acceptors (Lipinski definition) is 5. The maximum Gasteiger partial charge on any atom is 0.257 e. The first kappa shape index (κ1) is 22.0. The first-order valence-electron chi connectivity index (χ1n) is 11.5. The fourth-order valence-electron chi connectivity index (χ4n) is 4.51. The number of carbonyl (C=O) groups is 2. The van der Waals surface area contributed by atoms with Crippen LogP contribution < -0.4 is 14.8 Å². The van der Waals surface area contributed by atoms with Crippen molar-refractivity contribution in [2.24, 2.45) is 11.8 Å². The van der Waals surface area contributed by atoms with Crippen LogP contribution in [-0.4, -0.2) is 54.0 Å². The van der Waals surface area contributed by atoms with Crippen LogP contribution in [0.5, 0.6) is 11.5 Å². The summed E-state index contributed by atoms with van der Waals surface area (Å²) in [5, 5.41) is 3.96. The molecule has 1 aliphatic heterocycles. The van der Waals surface area contributed by atoms with Crippen molar-refractivity contribution in [2.45, 2.75) is 19.8 Å². The summed E-state index contributed by atoms with van der Waals surface area (Å²) in [6.07, 6.45) is 5.83. The zero-order valence-corrected chi connectivity index (χ0v) is 19.6. The van der Waals surface area contributed by atoms with Crippen molar-refractivity contribution >= 4 is 34.2 Å². The molecule has 8 nitrogen and oxygen atoms in total. The Bertz CT molecular complexity index is 1290. The number of H-pyrrole nitrogens is 1. The molecule has 176 valence electrons. The highest BCUT2D eigenvalue weighted by Crippen LogP contribution is 2.36. The number of ether oxygens (including phenoxy) is 2. The minimum Gasteiger partial charge on any atom is -0.497 e. The molecular formula is C26H28N4O4. The number of pyridine rings is 1. The van der Waals surface area contributed by atoms with Gasteiger partial charge in [-0.1, -0.05) is 13.0 Å². The van der Waals surface area contributed by atoms with Crippen LogP contribution in [0.15, 0.2) is 42.6 Å². The quantitative estimate of drug-likeness (QED) is 0.577.